The topological polar surface area (TPSA) is 83.2 Å². The minimum atomic E-state index is -0.642. The molecule has 1 heterocycles. The third-order valence-corrected chi connectivity index (χ3v) is 6.42. The monoisotopic (exact) mass is 447 g/mol. The standard InChI is InChI=1S/C27H33N3O3/c1-19(31)30-26(17-22-18-29-25-10-6-5-9-24(22)25)27(32)28-15-16-33-23-13-11-21(12-14-23)20-7-3-2-4-8-20/h5-6,9-14,18,20,26,29H,2-4,7-8,15-17H2,1H3,(H,28,32)(H,30,31)/t26-/m0/s1. The summed E-state index contributed by atoms with van der Waals surface area (Å²) < 4.78 is 5.82. The molecule has 6 heteroatoms. The van der Waals surface area contributed by atoms with E-state index >= 15 is 0 Å². The number of nitrogens with one attached hydrogen (secondary N) is 3. The lowest BCUT2D eigenvalue weighted by atomic mass is 9.84. The van der Waals surface area contributed by atoms with Crippen molar-refractivity contribution in [1.29, 1.82) is 0 Å². The Morgan fingerprint density at radius 1 is 1.06 bits per heavy atom. The Hall–Kier alpha value is -3.28. The van der Waals surface area contributed by atoms with Crippen molar-refractivity contribution in [2.45, 2.75) is 57.4 Å². The first-order valence-corrected chi connectivity index (χ1v) is 11.9. The summed E-state index contributed by atoms with van der Waals surface area (Å²) in [6.45, 7) is 2.16. The Balaban J connectivity index is 1.27. The number of rotatable bonds is 9. The smallest absolute Gasteiger partial charge is 0.243 e. The first-order valence-electron chi connectivity index (χ1n) is 11.9. The number of aromatic amines is 1. The lowest BCUT2D eigenvalue weighted by Gasteiger charge is -2.22. The molecule has 0 aliphatic heterocycles. The fourth-order valence-electron chi connectivity index (χ4n) is 4.71. The summed E-state index contributed by atoms with van der Waals surface area (Å²) in [4.78, 5) is 27.7. The maximum Gasteiger partial charge on any atom is 0.243 e. The molecule has 4 rings (SSSR count). The highest BCUT2D eigenvalue weighted by molar-refractivity contribution is 5.89. The normalized spacial score (nSPS) is 15.2. The lowest BCUT2D eigenvalue weighted by Crippen LogP contribution is -2.48. The molecule has 1 aromatic heterocycles. The number of hydrogen-bond acceptors (Lipinski definition) is 3. The highest BCUT2D eigenvalue weighted by Gasteiger charge is 2.21. The number of H-pyrrole nitrogens is 1. The molecule has 2 aromatic carbocycles. The number of hydrogen-bond donors (Lipinski definition) is 3. The van der Waals surface area contributed by atoms with E-state index in [1.165, 1.54) is 44.6 Å². The summed E-state index contributed by atoms with van der Waals surface area (Å²) >= 11 is 0. The number of carbonyl (C=O) groups excluding carboxylic acids is 2. The summed E-state index contributed by atoms with van der Waals surface area (Å²) in [5.74, 6) is 1.03. The van der Waals surface area contributed by atoms with Crippen LogP contribution in [0.1, 0.15) is 56.1 Å². The molecule has 3 N–H and O–H groups in total. The van der Waals surface area contributed by atoms with Crippen molar-refractivity contribution in [1.82, 2.24) is 15.6 Å². The number of aromatic nitrogens is 1. The largest absolute Gasteiger partial charge is 0.492 e. The van der Waals surface area contributed by atoms with E-state index in [1.54, 1.807) is 0 Å². The van der Waals surface area contributed by atoms with Gasteiger partial charge in [0.25, 0.3) is 0 Å². The van der Waals surface area contributed by atoms with Crippen LogP contribution in [0.5, 0.6) is 5.75 Å². The number of fused-ring (bicyclic) bond motifs is 1. The van der Waals surface area contributed by atoms with E-state index in [0.717, 1.165) is 22.2 Å². The van der Waals surface area contributed by atoms with Crippen molar-refractivity contribution in [2.24, 2.45) is 0 Å². The van der Waals surface area contributed by atoms with Crippen LogP contribution in [0.2, 0.25) is 0 Å². The SMILES string of the molecule is CC(=O)N[C@@H](Cc1c[nH]c2ccccc12)C(=O)NCCOc1ccc(C2CCCCC2)cc1. The number of carbonyl (C=O) groups is 2. The molecule has 2 amide bonds. The molecule has 0 spiro atoms. The Morgan fingerprint density at radius 3 is 2.58 bits per heavy atom. The van der Waals surface area contributed by atoms with E-state index in [-0.39, 0.29) is 11.8 Å². The molecule has 6 nitrogen and oxygen atoms in total. The molecule has 1 aliphatic rings. The predicted octanol–water partition coefficient (Wildman–Crippen LogP) is 4.46. The van der Waals surface area contributed by atoms with E-state index < -0.39 is 6.04 Å². The van der Waals surface area contributed by atoms with E-state index in [1.807, 2.05) is 42.6 Å². The fourth-order valence-corrected chi connectivity index (χ4v) is 4.71. The van der Waals surface area contributed by atoms with Crippen molar-refractivity contribution in [2.75, 3.05) is 13.2 Å². The maximum atomic E-state index is 12.8. The minimum absolute atomic E-state index is 0.216. The molecule has 1 aliphatic carbocycles. The molecule has 0 bridgehead atoms. The Kier molecular flexibility index (Phi) is 7.66. The second kappa shape index (κ2) is 11.0. The predicted molar refractivity (Wildman–Crippen MR) is 130 cm³/mol. The van der Waals surface area contributed by atoms with Crippen LogP contribution < -0.4 is 15.4 Å². The highest BCUT2D eigenvalue weighted by Crippen LogP contribution is 2.33. The van der Waals surface area contributed by atoms with Crippen LogP contribution in [-0.2, 0) is 16.0 Å². The highest BCUT2D eigenvalue weighted by atomic mass is 16.5. The number of amides is 2. The zero-order valence-electron chi connectivity index (χ0n) is 19.2. The summed E-state index contributed by atoms with van der Waals surface area (Å²) in [7, 11) is 0. The van der Waals surface area contributed by atoms with Crippen LogP contribution in [0.4, 0.5) is 0 Å². The van der Waals surface area contributed by atoms with E-state index in [2.05, 4.69) is 27.8 Å². The zero-order valence-corrected chi connectivity index (χ0v) is 19.2. The van der Waals surface area contributed by atoms with Crippen molar-refractivity contribution < 1.29 is 14.3 Å². The molecule has 1 saturated carbocycles. The van der Waals surface area contributed by atoms with Gasteiger partial charge in [0.1, 0.15) is 18.4 Å². The van der Waals surface area contributed by atoms with Crippen molar-refractivity contribution in [3.8, 4) is 5.75 Å². The van der Waals surface area contributed by atoms with Gasteiger partial charge >= 0.3 is 0 Å². The van der Waals surface area contributed by atoms with Gasteiger partial charge in [-0.2, -0.15) is 0 Å². The summed E-state index contributed by atoms with van der Waals surface area (Å²) in [5, 5.41) is 6.72. The molecule has 0 radical (unpaired) electrons. The summed E-state index contributed by atoms with van der Waals surface area (Å²) in [5.41, 5.74) is 3.40. The quantitative estimate of drug-likeness (QED) is 0.424. The summed E-state index contributed by atoms with van der Waals surface area (Å²) in [6, 6.07) is 15.7. The number of para-hydroxylation sites is 1. The molecular weight excluding hydrogens is 414 g/mol. The second-order valence-corrected chi connectivity index (χ2v) is 8.86. The zero-order chi connectivity index (χ0) is 23.0. The van der Waals surface area contributed by atoms with Gasteiger partial charge in [-0.1, -0.05) is 49.6 Å². The first kappa shape index (κ1) is 22.9. The lowest BCUT2D eigenvalue weighted by molar-refractivity contribution is -0.128. The van der Waals surface area contributed by atoms with E-state index in [0.29, 0.717) is 25.5 Å². The summed E-state index contributed by atoms with van der Waals surface area (Å²) in [6.07, 6.45) is 8.87. The Labute approximate surface area is 195 Å². The maximum absolute atomic E-state index is 12.8. The van der Waals surface area contributed by atoms with E-state index in [4.69, 9.17) is 4.74 Å². The molecule has 1 fully saturated rings. The Bertz CT molecular complexity index is 1070. The molecule has 3 aromatic rings. The average Bonchev–Trinajstić information content (AvgIpc) is 3.25. The van der Waals surface area contributed by atoms with Crippen molar-refractivity contribution in [3.63, 3.8) is 0 Å². The van der Waals surface area contributed by atoms with Crippen LogP contribution in [0.25, 0.3) is 10.9 Å². The molecular formula is C27H33N3O3. The number of ether oxygens (including phenoxy) is 1. The van der Waals surface area contributed by atoms with Crippen molar-refractivity contribution in [3.05, 3.63) is 65.9 Å². The first-order chi connectivity index (χ1) is 16.1. The molecule has 0 saturated heterocycles. The van der Waals surface area contributed by atoms with Gasteiger partial charge in [-0.25, -0.2) is 0 Å². The van der Waals surface area contributed by atoms with Crippen LogP contribution in [0.3, 0.4) is 0 Å². The molecule has 1 atom stereocenters. The van der Waals surface area contributed by atoms with Gasteiger partial charge in [0.2, 0.25) is 11.8 Å². The van der Waals surface area contributed by atoms with Gasteiger partial charge in [-0.15, -0.1) is 0 Å². The third kappa shape index (κ3) is 6.15. The van der Waals surface area contributed by atoms with Gasteiger partial charge in [-0.05, 0) is 48.1 Å². The van der Waals surface area contributed by atoms with Crippen molar-refractivity contribution >= 4 is 22.7 Å². The van der Waals surface area contributed by atoms with Gasteiger partial charge < -0.3 is 20.4 Å². The number of benzene rings is 2. The molecule has 174 valence electrons. The second-order valence-electron chi connectivity index (χ2n) is 8.86. The molecule has 33 heavy (non-hydrogen) atoms. The van der Waals surface area contributed by atoms with Crippen LogP contribution >= 0.6 is 0 Å². The average molecular weight is 448 g/mol. The van der Waals surface area contributed by atoms with Gasteiger partial charge in [0, 0.05) is 30.4 Å². The van der Waals surface area contributed by atoms with Gasteiger partial charge in [0.15, 0.2) is 0 Å². The molecule has 0 unspecified atom stereocenters. The van der Waals surface area contributed by atoms with Crippen LogP contribution in [-0.4, -0.2) is 36.0 Å². The van der Waals surface area contributed by atoms with E-state index in [9.17, 15) is 9.59 Å². The van der Waals surface area contributed by atoms with Gasteiger partial charge in [0.05, 0.1) is 6.54 Å². The van der Waals surface area contributed by atoms with Crippen LogP contribution in [0.15, 0.2) is 54.7 Å². The Morgan fingerprint density at radius 2 is 1.82 bits per heavy atom. The third-order valence-electron chi connectivity index (χ3n) is 6.42. The van der Waals surface area contributed by atoms with Crippen LogP contribution in [0, 0.1) is 0 Å². The van der Waals surface area contributed by atoms with Gasteiger partial charge in [-0.3, -0.25) is 9.59 Å². The fraction of sp³-hybridized carbons (Fsp3) is 0.407. The minimum Gasteiger partial charge on any atom is -0.492 e.